The SMILES string of the molecule is C=CCNC(=O)[C@H](C)Sc1nnc(-c2ccc(C(C)(C)C)cc2)n1Cc1ccco1. The third-order valence-corrected chi connectivity index (χ3v) is 5.77. The molecule has 0 saturated heterocycles. The first-order valence-electron chi connectivity index (χ1n) is 9.91. The average molecular weight is 425 g/mol. The van der Waals surface area contributed by atoms with Crippen molar-refractivity contribution in [2.75, 3.05) is 6.54 Å². The van der Waals surface area contributed by atoms with E-state index in [2.05, 4.69) is 67.1 Å². The number of hydrogen-bond acceptors (Lipinski definition) is 5. The second-order valence-electron chi connectivity index (χ2n) is 8.09. The van der Waals surface area contributed by atoms with Gasteiger partial charge in [0, 0.05) is 12.1 Å². The molecule has 0 unspecified atom stereocenters. The van der Waals surface area contributed by atoms with Gasteiger partial charge in [0.15, 0.2) is 11.0 Å². The molecule has 0 aliphatic rings. The number of benzene rings is 1. The lowest BCUT2D eigenvalue weighted by molar-refractivity contribution is -0.120. The zero-order chi connectivity index (χ0) is 21.7. The van der Waals surface area contributed by atoms with E-state index in [-0.39, 0.29) is 16.6 Å². The maximum absolute atomic E-state index is 12.3. The van der Waals surface area contributed by atoms with E-state index in [0.717, 1.165) is 17.1 Å². The number of furan rings is 1. The lowest BCUT2D eigenvalue weighted by Crippen LogP contribution is -2.31. The Morgan fingerprint density at radius 3 is 2.60 bits per heavy atom. The van der Waals surface area contributed by atoms with Crippen molar-refractivity contribution in [1.29, 1.82) is 0 Å². The molecule has 0 aliphatic heterocycles. The molecule has 1 aromatic carbocycles. The Labute approximate surface area is 181 Å². The zero-order valence-electron chi connectivity index (χ0n) is 17.9. The van der Waals surface area contributed by atoms with Gasteiger partial charge in [0.2, 0.25) is 5.91 Å². The summed E-state index contributed by atoms with van der Waals surface area (Å²) in [4.78, 5) is 12.3. The minimum atomic E-state index is -0.319. The van der Waals surface area contributed by atoms with Crippen molar-refractivity contribution in [1.82, 2.24) is 20.1 Å². The molecule has 1 atom stereocenters. The largest absolute Gasteiger partial charge is 0.467 e. The van der Waals surface area contributed by atoms with Crippen LogP contribution in [0.2, 0.25) is 0 Å². The van der Waals surface area contributed by atoms with Gasteiger partial charge in [0.25, 0.3) is 0 Å². The van der Waals surface area contributed by atoms with Gasteiger partial charge in [-0.25, -0.2) is 0 Å². The predicted octanol–water partition coefficient (Wildman–Crippen LogP) is 4.67. The quantitative estimate of drug-likeness (QED) is 0.420. The van der Waals surface area contributed by atoms with Gasteiger partial charge < -0.3 is 9.73 Å². The molecule has 2 aromatic heterocycles. The molecular formula is C23H28N4O2S. The van der Waals surface area contributed by atoms with E-state index in [1.54, 1.807) is 12.3 Å². The molecule has 0 saturated carbocycles. The maximum atomic E-state index is 12.3. The molecule has 30 heavy (non-hydrogen) atoms. The molecule has 6 nitrogen and oxygen atoms in total. The molecule has 3 aromatic rings. The first-order chi connectivity index (χ1) is 14.3. The third kappa shape index (κ3) is 5.21. The topological polar surface area (TPSA) is 73.0 Å². The van der Waals surface area contributed by atoms with Crippen molar-refractivity contribution in [3.8, 4) is 11.4 Å². The van der Waals surface area contributed by atoms with Gasteiger partial charge in [0.1, 0.15) is 5.76 Å². The summed E-state index contributed by atoms with van der Waals surface area (Å²) in [6.07, 6.45) is 3.31. The minimum Gasteiger partial charge on any atom is -0.467 e. The molecule has 1 amide bonds. The lowest BCUT2D eigenvalue weighted by atomic mass is 9.87. The highest BCUT2D eigenvalue weighted by atomic mass is 32.2. The third-order valence-electron chi connectivity index (χ3n) is 4.69. The van der Waals surface area contributed by atoms with Crippen LogP contribution in [-0.2, 0) is 16.8 Å². The number of thioether (sulfide) groups is 1. The Morgan fingerprint density at radius 1 is 1.27 bits per heavy atom. The van der Waals surface area contributed by atoms with E-state index in [1.165, 1.54) is 17.3 Å². The molecule has 0 radical (unpaired) electrons. The molecular weight excluding hydrogens is 396 g/mol. The number of hydrogen-bond donors (Lipinski definition) is 1. The standard InChI is InChI=1S/C23H28N4O2S/c1-6-13-24-21(28)16(2)30-22-26-25-20(27(22)15-19-8-7-14-29-19)17-9-11-18(12-10-17)23(3,4)5/h6-12,14,16H,1,13,15H2,2-5H3,(H,24,28)/t16-/m0/s1. The fraction of sp³-hybridized carbons (Fsp3) is 0.348. The maximum Gasteiger partial charge on any atom is 0.233 e. The van der Waals surface area contributed by atoms with Crippen LogP contribution in [0.5, 0.6) is 0 Å². The number of carbonyl (C=O) groups is 1. The summed E-state index contributed by atoms with van der Waals surface area (Å²) >= 11 is 1.37. The molecule has 0 fully saturated rings. The lowest BCUT2D eigenvalue weighted by Gasteiger charge is -2.19. The van der Waals surface area contributed by atoms with Crippen LogP contribution in [-0.4, -0.2) is 32.5 Å². The van der Waals surface area contributed by atoms with Gasteiger partial charge in [-0.1, -0.05) is 62.9 Å². The Bertz CT molecular complexity index is 985. The number of carbonyl (C=O) groups excluding carboxylic acids is 1. The van der Waals surface area contributed by atoms with E-state index in [9.17, 15) is 4.79 Å². The Kier molecular flexibility index (Phi) is 6.82. The average Bonchev–Trinajstić information content (AvgIpc) is 3.36. The van der Waals surface area contributed by atoms with Crippen molar-refractivity contribution in [3.05, 3.63) is 66.6 Å². The summed E-state index contributed by atoms with van der Waals surface area (Å²) in [6.45, 7) is 13.0. The summed E-state index contributed by atoms with van der Waals surface area (Å²) in [6, 6.07) is 12.2. The van der Waals surface area contributed by atoms with Crippen molar-refractivity contribution >= 4 is 17.7 Å². The molecule has 1 N–H and O–H groups in total. The second-order valence-corrected chi connectivity index (χ2v) is 9.40. The highest BCUT2D eigenvalue weighted by Gasteiger charge is 2.22. The van der Waals surface area contributed by atoms with Crippen molar-refractivity contribution in [3.63, 3.8) is 0 Å². The fourth-order valence-electron chi connectivity index (χ4n) is 2.94. The van der Waals surface area contributed by atoms with Crippen LogP contribution in [0.3, 0.4) is 0 Å². The Balaban J connectivity index is 1.91. The normalized spacial score (nSPS) is 12.5. The molecule has 0 aliphatic carbocycles. The fourth-order valence-corrected chi connectivity index (χ4v) is 3.81. The van der Waals surface area contributed by atoms with E-state index >= 15 is 0 Å². The van der Waals surface area contributed by atoms with E-state index in [0.29, 0.717) is 18.2 Å². The molecule has 3 rings (SSSR count). The summed E-state index contributed by atoms with van der Waals surface area (Å²) < 4.78 is 7.54. The first-order valence-corrected chi connectivity index (χ1v) is 10.8. The van der Waals surface area contributed by atoms with Gasteiger partial charge in [-0.05, 0) is 30.0 Å². The summed E-state index contributed by atoms with van der Waals surface area (Å²) in [5.74, 6) is 1.48. The second kappa shape index (κ2) is 9.34. The van der Waals surface area contributed by atoms with Crippen LogP contribution in [0.1, 0.15) is 39.0 Å². The Hall–Kier alpha value is -2.80. The molecule has 0 spiro atoms. The predicted molar refractivity (Wildman–Crippen MR) is 120 cm³/mol. The van der Waals surface area contributed by atoms with Crippen molar-refractivity contribution < 1.29 is 9.21 Å². The number of nitrogens with one attached hydrogen (secondary N) is 1. The van der Waals surface area contributed by atoms with Crippen LogP contribution < -0.4 is 5.32 Å². The van der Waals surface area contributed by atoms with Crippen molar-refractivity contribution in [2.24, 2.45) is 0 Å². The van der Waals surface area contributed by atoms with Crippen molar-refractivity contribution in [2.45, 2.75) is 50.1 Å². The zero-order valence-corrected chi connectivity index (χ0v) is 18.7. The van der Waals surface area contributed by atoms with Crippen LogP contribution in [0, 0.1) is 0 Å². The highest BCUT2D eigenvalue weighted by molar-refractivity contribution is 8.00. The van der Waals surface area contributed by atoms with Gasteiger partial charge >= 0.3 is 0 Å². The number of amides is 1. The van der Waals surface area contributed by atoms with Crippen LogP contribution >= 0.6 is 11.8 Å². The van der Waals surface area contributed by atoms with Gasteiger partial charge in [-0.15, -0.1) is 16.8 Å². The van der Waals surface area contributed by atoms with Crippen LogP contribution in [0.25, 0.3) is 11.4 Å². The molecule has 158 valence electrons. The summed E-state index contributed by atoms with van der Waals surface area (Å²) in [5, 5.41) is 12.0. The number of rotatable bonds is 8. The molecule has 7 heteroatoms. The van der Waals surface area contributed by atoms with E-state index in [1.807, 2.05) is 23.6 Å². The summed E-state index contributed by atoms with van der Waals surface area (Å²) in [5.41, 5.74) is 2.30. The van der Waals surface area contributed by atoms with Crippen LogP contribution in [0.15, 0.2) is 64.9 Å². The first kappa shape index (κ1) is 21.9. The van der Waals surface area contributed by atoms with E-state index < -0.39 is 0 Å². The van der Waals surface area contributed by atoms with Gasteiger partial charge in [-0.2, -0.15) is 0 Å². The monoisotopic (exact) mass is 424 g/mol. The Morgan fingerprint density at radius 2 is 2.00 bits per heavy atom. The highest BCUT2D eigenvalue weighted by Crippen LogP contribution is 2.30. The van der Waals surface area contributed by atoms with Crippen LogP contribution in [0.4, 0.5) is 0 Å². The van der Waals surface area contributed by atoms with Gasteiger partial charge in [0.05, 0.1) is 18.1 Å². The van der Waals surface area contributed by atoms with E-state index in [4.69, 9.17) is 4.42 Å². The number of aromatic nitrogens is 3. The van der Waals surface area contributed by atoms with Gasteiger partial charge in [-0.3, -0.25) is 9.36 Å². The molecule has 2 heterocycles. The molecule has 0 bridgehead atoms. The smallest absolute Gasteiger partial charge is 0.233 e. The number of nitrogens with zero attached hydrogens (tertiary/aromatic N) is 3. The summed E-state index contributed by atoms with van der Waals surface area (Å²) in [7, 11) is 0. The minimum absolute atomic E-state index is 0.0662.